The Bertz CT molecular complexity index is 515. The lowest BCUT2D eigenvalue weighted by atomic mass is 9.87. The molecule has 2 rings (SSSR count). The Kier molecular flexibility index (Phi) is 4.25. The van der Waals surface area contributed by atoms with Crippen LogP contribution in [0.5, 0.6) is 11.5 Å². The number of rotatable bonds is 5. The number of aryl methyl sites for hydroxylation is 1. The number of carbonyl (C=O) groups is 1. The third kappa shape index (κ3) is 2.98. The van der Waals surface area contributed by atoms with E-state index in [1.807, 2.05) is 6.07 Å². The molecule has 3 nitrogen and oxygen atoms in total. The average Bonchev–Trinajstić information content (AvgIpc) is 2.43. The van der Waals surface area contributed by atoms with E-state index in [9.17, 15) is 4.79 Å². The first kappa shape index (κ1) is 13.7. The van der Waals surface area contributed by atoms with Crippen molar-refractivity contribution in [1.29, 1.82) is 0 Å². The van der Waals surface area contributed by atoms with Crippen molar-refractivity contribution in [3.63, 3.8) is 0 Å². The largest absolute Gasteiger partial charge is 0.493 e. The molecule has 19 heavy (non-hydrogen) atoms. The predicted octanol–water partition coefficient (Wildman–Crippen LogP) is 3.40. The van der Waals surface area contributed by atoms with Crippen LogP contribution < -0.4 is 9.47 Å². The van der Waals surface area contributed by atoms with Gasteiger partial charge in [-0.1, -0.05) is 6.08 Å². The summed E-state index contributed by atoms with van der Waals surface area (Å²) in [6.07, 6.45) is 5.67. The maximum Gasteiger partial charge on any atom is 0.161 e. The van der Waals surface area contributed by atoms with Gasteiger partial charge in [-0.2, -0.15) is 0 Å². The monoisotopic (exact) mass is 260 g/mol. The molecule has 0 unspecified atom stereocenters. The zero-order valence-corrected chi connectivity index (χ0v) is 11.8. The van der Waals surface area contributed by atoms with Gasteiger partial charge >= 0.3 is 0 Å². The van der Waals surface area contributed by atoms with Crippen LogP contribution in [0, 0.1) is 0 Å². The number of benzene rings is 1. The highest BCUT2D eigenvalue weighted by Gasteiger charge is 2.17. The van der Waals surface area contributed by atoms with E-state index in [4.69, 9.17) is 9.47 Å². The lowest BCUT2D eigenvalue weighted by Gasteiger charge is -2.20. The highest BCUT2D eigenvalue weighted by atomic mass is 16.5. The molecule has 0 heterocycles. The lowest BCUT2D eigenvalue weighted by molar-refractivity contribution is -0.116. The summed E-state index contributed by atoms with van der Waals surface area (Å²) in [5.74, 6) is 1.75. The zero-order valence-electron chi connectivity index (χ0n) is 11.8. The summed E-state index contributed by atoms with van der Waals surface area (Å²) < 4.78 is 10.7. The standard InChI is InChI=1S/C16H20O3/c1-11(17)7-8-12-5-4-6-13-9-15(18-2)16(19-3)10-14(12)13/h5,9-10H,4,6-8H2,1-3H3. The molecule has 3 heteroatoms. The quantitative estimate of drug-likeness (QED) is 0.814. The molecule has 1 aliphatic rings. The summed E-state index contributed by atoms with van der Waals surface area (Å²) in [5.41, 5.74) is 3.72. The van der Waals surface area contributed by atoms with Crippen molar-refractivity contribution >= 4 is 11.4 Å². The van der Waals surface area contributed by atoms with E-state index in [2.05, 4.69) is 12.1 Å². The van der Waals surface area contributed by atoms with Gasteiger partial charge in [0.15, 0.2) is 11.5 Å². The molecule has 0 N–H and O–H groups in total. The Hall–Kier alpha value is -1.77. The molecule has 0 radical (unpaired) electrons. The van der Waals surface area contributed by atoms with Crippen molar-refractivity contribution in [1.82, 2.24) is 0 Å². The molecule has 102 valence electrons. The molecule has 1 aromatic rings. The van der Waals surface area contributed by atoms with Crippen molar-refractivity contribution in [3.05, 3.63) is 29.3 Å². The number of hydrogen-bond acceptors (Lipinski definition) is 3. The number of ether oxygens (including phenoxy) is 2. The smallest absolute Gasteiger partial charge is 0.161 e. The van der Waals surface area contributed by atoms with Crippen molar-refractivity contribution in [2.45, 2.75) is 32.6 Å². The van der Waals surface area contributed by atoms with Gasteiger partial charge in [0.25, 0.3) is 0 Å². The zero-order chi connectivity index (χ0) is 13.8. The van der Waals surface area contributed by atoms with Crippen molar-refractivity contribution < 1.29 is 14.3 Å². The molecular formula is C16H20O3. The Morgan fingerprint density at radius 3 is 2.53 bits per heavy atom. The molecule has 0 aromatic heterocycles. The number of fused-ring (bicyclic) bond motifs is 1. The average molecular weight is 260 g/mol. The molecule has 0 bridgehead atoms. The van der Waals surface area contributed by atoms with Gasteiger partial charge in [0.2, 0.25) is 0 Å². The van der Waals surface area contributed by atoms with Gasteiger partial charge in [0.1, 0.15) is 5.78 Å². The molecular weight excluding hydrogens is 240 g/mol. The summed E-state index contributed by atoms with van der Waals surface area (Å²) in [7, 11) is 3.30. The van der Waals surface area contributed by atoms with E-state index >= 15 is 0 Å². The number of ketones is 1. The third-order valence-electron chi connectivity index (χ3n) is 3.51. The normalized spacial score (nSPS) is 13.5. The summed E-state index contributed by atoms with van der Waals surface area (Å²) in [4.78, 5) is 11.2. The van der Waals surface area contributed by atoms with Crippen molar-refractivity contribution in [2.75, 3.05) is 14.2 Å². The van der Waals surface area contributed by atoms with Crippen LogP contribution in [-0.4, -0.2) is 20.0 Å². The first-order valence-electron chi connectivity index (χ1n) is 6.59. The van der Waals surface area contributed by atoms with Gasteiger partial charge in [0.05, 0.1) is 14.2 Å². The second-order valence-electron chi connectivity index (χ2n) is 4.83. The molecule has 0 amide bonds. The van der Waals surface area contributed by atoms with Crippen LogP contribution >= 0.6 is 0 Å². The second-order valence-corrected chi connectivity index (χ2v) is 4.83. The molecule has 1 aliphatic carbocycles. The highest BCUT2D eigenvalue weighted by Crippen LogP contribution is 2.37. The first-order chi connectivity index (χ1) is 9.15. The van der Waals surface area contributed by atoms with Gasteiger partial charge in [-0.15, -0.1) is 0 Å². The summed E-state index contributed by atoms with van der Waals surface area (Å²) >= 11 is 0. The second kappa shape index (κ2) is 5.91. The minimum absolute atomic E-state index is 0.230. The third-order valence-corrected chi connectivity index (χ3v) is 3.51. The molecule has 0 saturated heterocycles. The predicted molar refractivity (Wildman–Crippen MR) is 75.8 cm³/mol. The molecule has 0 spiro atoms. The van der Waals surface area contributed by atoms with Gasteiger partial charge < -0.3 is 14.3 Å². The summed E-state index contributed by atoms with van der Waals surface area (Å²) in [6, 6.07) is 4.08. The molecule has 0 atom stereocenters. The fraction of sp³-hybridized carbons (Fsp3) is 0.438. The van der Waals surface area contributed by atoms with E-state index < -0.39 is 0 Å². The van der Waals surface area contributed by atoms with Crippen LogP contribution in [0.3, 0.4) is 0 Å². The highest BCUT2D eigenvalue weighted by molar-refractivity contribution is 5.80. The van der Waals surface area contributed by atoms with E-state index in [0.717, 1.165) is 30.8 Å². The lowest BCUT2D eigenvalue weighted by Crippen LogP contribution is -2.03. The van der Waals surface area contributed by atoms with E-state index in [1.165, 1.54) is 16.7 Å². The Balaban J connectivity index is 2.34. The topological polar surface area (TPSA) is 35.5 Å². The Morgan fingerprint density at radius 1 is 1.21 bits per heavy atom. The van der Waals surface area contributed by atoms with Crippen LogP contribution in [0.2, 0.25) is 0 Å². The molecule has 0 saturated carbocycles. The number of allylic oxidation sites excluding steroid dienone is 2. The molecule has 0 aliphatic heterocycles. The number of Topliss-reactive ketones (excluding diaryl/α,β-unsaturated/α-hetero) is 1. The van der Waals surface area contributed by atoms with Crippen molar-refractivity contribution in [2.24, 2.45) is 0 Å². The maximum absolute atomic E-state index is 11.2. The van der Waals surface area contributed by atoms with E-state index in [-0.39, 0.29) is 5.78 Å². The van der Waals surface area contributed by atoms with Gasteiger partial charge in [0, 0.05) is 6.42 Å². The summed E-state index contributed by atoms with van der Waals surface area (Å²) in [5, 5.41) is 0. The van der Waals surface area contributed by atoms with Crippen LogP contribution in [0.25, 0.3) is 5.57 Å². The maximum atomic E-state index is 11.2. The van der Waals surface area contributed by atoms with Crippen LogP contribution in [-0.2, 0) is 11.2 Å². The number of hydrogen-bond donors (Lipinski definition) is 0. The van der Waals surface area contributed by atoms with Crippen molar-refractivity contribution in [3.8, 4) is 11.5 Å². The van der Waals surface area contributed by atoms with Gasteiger partial charge in [-0.05, 0) is 55.0 Å². The molecule has 0 fully saturated rings. The van der Waals surface area contributed by atoms with Gasteiger partial charge in [-0.3, -0.25) is 0 Å². The minimum Gasteiger partial charge on any atom is -0.493 e. The Labute approximate surface area is 114 Å². The van der Waals surface area contributed by atoms with Gasteiger partial charge in [-0.25, -0.2) is 0 Å². The fourth-order valence-electron chi connectivity index (χ4n) is 2.49. The number of methoxy groups -OCH3 is 2. The SMILES string of the molecule is COc1cc2c(cc1OC)C(CCC(C)=O)=CCC2. The first-order valence-corrected chi connectivity index (χ1v) is 6.59. The van der Waals surface area contributed by atoms with Crippen LogP contribution in [0.4, 0.5) is 0 Å². The minimum atomic E-state index is 0.230. The van der Waals surface area contributed by atoms with E-state index in [0.29, 0.717) is 6.42 Å². The van der Waals surface area contributed by atoms with Crippen LogP contribution in [0.1, 0.15) is 37.3 Å². The summed E-state index contributed by atoms with van der Waals surface area (Å²) in [6.45, 7) is 1.64. The Morgan fingerprint density at radius 2 is 1.89 bits per heavy atom. The fourth-order valence-corrected chi connectivity index (χ4v) is 2.49. The molecule has 1 aromatic carbocycles. The van der Waals surface area contributed by atoms with Crippen LogP contribution in [0.15, 0.2) is 18.2 Å². The van der Waals surface area contributed by atoms with E-state index in [1.54, 1.807) is 21.1 Å². The number of carbonyl (C=O) groups excluding carboxylic acids is 1.